The molecule has 0 aliphatic carbocycles. The lowest BCUT2D eigenvalue weighted by molar-refractivity contribution is -0.125. The normalized spacial score (nSPS) is 19.3. The fourth-order valence-corrected chi connectivity index (χ4v) is 3.87. The number of nitrogens with one attached hydrogen (secondary N) is 2. The maximum atomic E-state index is 12.6. The Balaban J connectivity index is 0.00000160. The number of hydrogen-bond donors (Lipinski definition) is 2. The summed E-state index contributed by atoms with van der Waals surface area (Å²) in [4.78, 5) is 31.1. The van der Waals surface area contributed by atoms with Crippen molar-refractivity contribution in [2.45, 2.75) is 25.3 Å². The molecule has 1 aliphatic heterocycles. The molecule has 1 amide bonds. The second-order valence-corrected chi connectivity index (χ2v) is 7.40. The molecule has 3 aromatic rings. The van der Waals surface area contributed by atoms with Crippen molar-refractivity contribution < 1.29 is 12.0 Å². The minimum atomic E-state index is -0.772. The van der Waals surface area contributed by atoms with E-state index in [1.165, 1.54) is 0 Å². The van der Waals surface area contributed by atoms with Gasteiger partial charge in [0, 0.05) is 45.5 Å². The van der Waals surface area contributed by atoms with Crippen LogP contribution in [0.25, 0.3) is 22.4 Å². The Bertz CT molecular complexity index is 1040. The van der Waals surface area contributed by atoms with Gasteiger partial charge in [0.05, 0.1) is 5.02 Å². The van der Waals surface area contributed by atoms with Crippen molar-refractivity contribution in [1.82, 2.24) is 25.3 Å². The Labute approximate surface area is 169 Å². The van der Waals surface area contributed by atoms with Crippen molar-refractivity contribution in [3.8, 4) is 11.4 Å². The molecule has 0 spiro atoms. The highest BCUT2D eigenvalue weighted by Gasteiger charge is 2.43. The van der Waals surface area contributed by atoms with Gasteiger partial charge < -0.3 is 15.2 Å². The van der Waals surface area contributed by atoms with Crippen LogP contribution in [0.4, 0.5) is 10.2 Å². The summed E-state index contributed by atoms with van der Waals surface area (Å²) < 4.78 is 12.5. The standard InChI is InChI=1S/C19H20ClFN6O.2H2/c1-19(18(28)23-7-5-21)4-2-8-27(19)15-3-6-22-17(26-15)14-11-25-16-13(14)9-12(20)10-24-16;;/h3,6,9-11H,2,4-5,7-8H2,1H3,(H,23,28)(H,24,25);2*1H/t19-;;/m1../s1. The molecule has 150 valence electrons. The third-order valence-corrected chi connectivity index (χ3v) is 5.37. The molecule has 4 heterocycles. The van der Waals surface area contributed by atoms with E-state index in [4.69, 9.17) is 16.6 Å². The number of H-pyrrole nitrogens is 1. The van der Waals surface area contributed by atoms with Crippen LogP contribution >= 0.6 is 11.6 Å². The van der Waals surface area contributed by atoms with Gasteiger partial charge in [-0.2, -0.15) is 0 Å². The SMILES string of the molecule is C[C@]1(C(=O)NCCF)CCCN1c1ccnc(-c2c[nH]c3ncc(Cl)cc23)n1.[HH].[HH]. The molecule has 2 N–H and O–H groups in total. The molecular weight excluding hydrogens is 383 g/mol. The number of rotatable bonds is 5. The molecule has 0 unspecified atom stereocenters. The topological polar surface area (TPSA) is 86.8 Å². The van der Waals surface area contributed by atoms with Crippen LogP contribution in [0, 0.1) is 0 Å². The Morgan fingerprint density at radius 1 is 1.50 bits per heavy atom. The van der Waals surface area contributed by atoms with Gasteiger partial charge in [-0.3, -0.25) is 4.79 Å². The Kier molecular flexibility index (Phi) is 4.89. The van der Waals surface area contributed by atoms with Crippen LogP contribution in [-0.2, 0) is 4.79 Å². The molecule has 1 fully saturated rings. The van der Waals surface area contributed by atoms with Crippen LogP contribution in [0.2, 0.25) is 5.02 Å². The van der Waals surface area contributed by atoms with E-state index in [1.807, 2.05) is 17.9 Å². The van der Waals surface area contributed by atoms with Gasteiger partial charge in [-0.1, -0.05) is 11.6 Å². The van der Waals surface area contributed by atoms with E-state index in [0.29, 0.717) is 35.3 Å². The Hall–Kier alpha value is -2.74. The number of nitrogens with zero attached hydrogens (tertiary/aromatic N) is 4. The average molecular weight is 407 g/mol. The lowest BCUT2D eigenvalue weighted by Crippen LogP contribution is -2.54. The molecule has 28 heavy (non-hydrogen) atoms. The maximum Gasteiger partial charge on any atom is 0.245 e. The highest BCUT2D eigenvalue weighted by atomic mass is 35.5. The number of carbonyl (C=O) groups excluding carboxylic acids is 1. The molecule has 9 heteroatoms. The molecule has 1 aliphatic rings. The van der Waals surface area contributed by atoms with Crippen molar-refractivity contribution in [1.29, 1.82) is 0 Å². The van der Waals surface area contributed by atoms with E-state index < -0.39 is 12.2 Å². The Morgan fingerprint density at radius 2 is 2.36 bits per heavy atom. The number of anilines is 1. The third-order valence-electron chi connectivity index (χ3n) is 5.17. The van der Waals surface area contributed by atoms with Gasteiger partial charge in [0.2, 0.25) is 5.91 Å². The zero-order chi connectivity index (χ0) is 19.7. The van der Waals surface area contributed by atoms with Gasteiger partial charge in [-0.25, -0.2) is 19.3 Å². The van der Waals surface area contributed by atoms with Gasteiger partial charge in [-0.15, -0.1) is 0 Å². The van der Waals surface area contributed by atoms with Gasteiger partial charge >= 0.3 is 0 Å². The summed E-state index contributed by atoms with van der Waals surface area (Å²) in [5, 5.41) is 4.02. The number of carbonyl (C=O) groups is 1. The fraction of sp³-hybridized carbons (Fsp3) is 0.368. The van der Waals surface area contributed by atoms with Gasteiger partial charge in [0.15, 0.2) is 5.82 Å². The lowest BCUT2D eigenvalue weighted by Gasteiger charge is -2.34. The molecule has 0 radical (unpaired) electrons. The average Bonchev–Trinajstić information content (AvgIpc) is 3.30. The number of alkyl halides is 1. The molecule has 1 atom stereocenters. The second-order valence-electron chi connectivity index (χ2n) is 6.96. The summed E-state index contributed by atoms with van der Waals surface area (Å²) in [6.45, 7) is 1.99. The molecule has 0 bridgehead atoms. The van der Waals surface area contributed by atoms with E-state index in [0.717, 1.165) is 17.4 Å². The Morgan fingerprint density at radius 3 is 3.18 bits per heavy atom. The van der Waals surface area contributed by atoms with E-state index >= 15 is 0 Å². The van der Waals surface area contributed by atoms with Crippen LogP contribution in [0.5, 0.6) is 0 Å². The smallest absolute Gasteiger partial charge is 0.245 e. The summed E-state index contributed by atoms with van der Waals surface area (Å²) in [7, 11) is 0. The molecule has 1 saturated heterocycles. The quantitative estimate of drug-likeness (QED) is 0.675. The molecule has 4 rings (SSSR count). The molecule has 7 nitrogen and oxygen atoms in total. The zero-order valence-electron chi connectivity index (χ0n) is 15.4. The maximum absolute atomic E-state index is 12.6. The first-order valence-electron chi connectivity index (χ1n) is 9.11. The largest absolute Gasteiger partial charge is 0.351 e. The summed E-state index contributed by atoms with van der Waals surface area (Å²) in [5.41, 5.74) is 0.714. The number of halogens is 2. The van der Waals surface area contributed by atoms with Crippen LogP contribution in [-0.4, -0.2) is 51.1 Å². The number of pyridine rings is 1. The van der Waals surface area contributed by atoms with Crippen LogP contribution in [0.15, 0.2) is 30.7 Å². The molecular formula is C19H24ClFN6O. The van der Waals surface area contributed by atoms with E-state index in [9.17, 15) is 9.18 Å². The van der Waals surface area contributed by atoms with Crippen LogP contribution in [0.1, 0.15) is 22.6 Å². The minimum absolute atomic E-state index is 0. The summed E-state index contributed by atoms with van der Waals surface area (Å²) in [6, 6.07) is 3.60. The fourth-order valence-electron chi connectivity index (χ4n) is 3.71. The number of hydrogen-bond acceptors (Lipinski definition) is 5. The van der Waals surface area contributed by atoms with E-state index in [2.05, 4.69) is 20.3 Å². The lowest BCUT2D eigenvalue weighted by atomic mass is 9.97. The molecule has 0 aromatic carbocycles. The van der Waals surface area contributed by atoms with E-state index in [-0.39, 0.29) is 15.3 Å². The van der Waals surface area contributed by atoms with Crippen LogP contribution < -0.4 is 10.2 Å². The van der Waals surface area contributed by atoms with Gasteiger partial charge in [0.25, 0.3) is 0 Å². The first-order chi connectivity index (χ1) is 13.5. The predicted molar refractivity (Wildman–Crippen MR) is 110 cm³/mol. The van der Waals surface area contributed by atoms with Gasteiger partial charge in [0.1, 0.15) is 23.7 Å². The second kappa shape index (κ2) is 7.35. The minimum Gasteiger partial charge on any atom is -0.351 e. The third kappa shape index (κ3) is 3.17. The van der Waals surface area contributed by atoms with E-state index in [1.54, 1.807) is 24.7 Å². The summed E-state index contributed by atoms with van der Waals surface area (Å²) >= 11 is 6.09. The van der Waals surface area contributed by atoms with Crippen molar-refractivity contribution in [2.75, 3.05) is 24.7 Å². The molecule has 3 aromatic heterocycles. The van der Waals surface area contributed by atoms with Crippen molar-refractivity contribution in [3.05, 3.63) is 35.7 Å². The number of amides is 1. The molecule has 0 saturated carbocycles. The predicted octanol–water partition coefficient (Wildman–Crippen LogP) is 3.61. The van der Waals surface area contributed by atoms with Crippen molar-refractivity contribution in [2.24, 2.45) is 0 Å². The number of fused-ring (bicyclic) bond motifs is 1. The first kappa shape index (κ1) is 18.6. The number of aromatic amines is 1. The monoisotopic (exact) mass is 406 g/mol. The highest BCUT2D eigenvalue weighted by Crippen LogP contribution is 2.34. The number of aromatic nitrogens is 4. The zero-order valence-corrected chi connectivity index (χ0v) is 16.1. The summed E-state index contributed by atoms with van der Waals surface area (Å²) in [6.07, 6.45) is 6.58. The van der Waals surface area contributed by atoms with Crippen LogP contribution in [0.3, 0.4) is 0 Å². The highest BCUT2D eigenvalue weighted by molar-refractivity contribution is 6.31. The van der Waals surface area contributed by atoms with Crippen molar-refractivity contribution in [3.63, 3.8) is 0 Å². The van der Waals surface area contributed by atoms with Crippen molar-refractivity contribution >= 4 is 34.4 Å². The summed E-state index contributed by atoms with van der Waals surface area (Å²) in [5.74, 6) is 0.988. The van der Waals surface area contributed by atoms with Gasteiger partial charge in [-0.05, 0) is 31.9 Å². The first-order valence-corrected chi connectivity index (χ1v) is 9.49.